The fourth-order valence-electron chi connectivity index (χ4n) is 2.50. The summed E-state index contributed by atoms with van der Waals surface area (Å²) in [5, 5.41) is 11.6. The van der Waals surface area contributed by atoms with Crippen molar-refractivity contribution in [1.82, 2.24) is 10.2 Å². The van der Waals surface area contributed by atoms with Crippen molar-refractivity contribution in [3.8, 4) is 0 Å². The molecule has 1 saturated carbocycles. The minimum atomic E-state index is 0.0666. The van der Waals surface area contributed by atoms with Gasteiger partial charge in [-0.2, -0.15) is 0 Å². The Morgan fingerprint density at radius 3 is 2.69 bits per heavy atom. The topological polar surface area (TPSA) is 52.6 Å². The second-order valence-electron chi connectivity index (χ2n) is 4.34. The average Bonchev–Trinajstić information content (AvgIpc) is 1.90. The average molecular weight is 184 g/mol. The summed E-state index contributed by atoms with van der Waals surface area (Å²) in [6.45, 7) is 3.53. The zero-order chi connectivity index (χ0) is 9.47. The number of aliphatic hydroxyl groups excluding tert-OH is 1. The molecule has 4 nitrogen and oxygen atoms in total. The third-order valence-electron chi connectivity index (χ3n) is 3.24. The predicted octanol–water partition coefficient (Wildman–Crippen LogP) is -0.463. The van der Waals surface area contributed by atoms with E-state index >= 15 is 0 Å². The van der Waals surface area contributed by atoms with Crippen LogP contribution in [0.3, 0.4) is 0 Å². The lowest BCUT2D eigenvalue weighted by Gasteiger charge is -2.59. The van der Waals surface area contributed by atoms with E-state index in [4.69, 9.17) is 5.11 Å². The molecule has 2 rings (SSSR count). The van der Waals surface area contributed by atoms with Crippen LogP contribution in [0.25, 0.3) is 0 Å². The normalized spacial score (nSPS) is 25.5. The van der Waals surface area contributed by atoms with E-state index in [1.165, 1.54) is 0 Å². The summed E-state index contributed by atoms with van der Waals surface area (Å²) in [4.78, 5) is 12.8. The maximum absolute atomic E-state index is 10.9. The van der Waals surface area contributed by atoms with Gasteiger partial charge >= 0.3 is 0 Å². The molecule has 74 valence electrons. The number of likely N-dealkylation sites (tertiary alicyclic amines) is 1. The van der Waals surface area contributed by atoms with Gasteiger partial charge in [-0.3, -0.25) is 10.1 Å². The first-order chi connectivity index (χ1) is 6.15. The number of nitrogens with zero attached hydrogens (tertiary/aromatic N) is 1. The van der Waals surface area contributed by atoms with Crippen LogP contribution in [0.5, 0.6) is 0 Å². The van der Waals surface area contributed by atoms with Gasteiger partial charge in [-0.25, -0.2) is 0 Å². The molecule has 0 aromatic heterocycles. The molecule has 0 radical (unpaired) electrons. The second-order valence-corrected chi connectivity index (χ2v) is 4.34. The maximum atomic E-state index is 10.9. The van der Waals surface area contributed by atoms with Crippen LogP contribution >= 0.6 is 0 Å². The molecule has 0 atom stereocenters. The number of hydrogen-bond acceptors (Lipinski definition) is 3. The number of hydrogen-bond donors (Lipinski definition) is 2. The van der Waals surface area contributed by atoms with Crippen LogP contribution in [0.2, 0.25) is 0 Å². The smallest absolute Gasteiger partial charge is 0.219 e. The van der Waals surface area contributed by atoms with Gasteiger partial charge in [0.1, 0.15) is 0 Å². The SMILES string of the molecule is CC(=O)N1CC2(CC(NCO)C2)C1. The Bertz CT molecular complexity index is 216. The zero-order valence-corrected chi connectivity index (χ0v) is 7.92. The lowest BCUT2D eigenvalue weighted by Crippen LogP contribution is -2.66. The summed E-state index contributed by atoms with van der Waals surface area (Å²) in [5.74, 6) is 0.184. The standard InChI is InChI=1S/C9H16N2O2/c1-7(13)11-4-9(5-11)2-8(3-9)10-6-12/h8,10,12H,2-6H2,1H3. The first-order valence-electron chi connectivity index (χ1n) is 4.75. The molecule has 2 fully saturated rings. The molecule has 1 saturated heterocycles. The van der Waals surface area contributed by atoms with Crippen LogP contribution in [0.15, 0.2) is 0 Å². The van der Waals surface area contributed by atoms with E-state index in [2.05, 4.69) is 5.32 Å². The minimum Gasteiger partial charge on any atom is -0.381 e. The van der Waals surface area contributed by atoms with Gasteiger partial charge in [-0.1, -0.05) is 0 Å². The minimum absolute atomic E-state index is 0.0666. The van der Waals surface area contributed by atoms with Crippen molar-refractivity contribution in [2.24, 2.45) is 5.41 Å². The van der Waals surface area contributed by atoms with Gasteiger partial charge in [-0.15, -0.1) is 0 Å². The molecule has 0 aromatic rings. The Labute approximate surface area is 77.9 Å². The maximum Gasteiger partial charge on any atom is 0.219 e. The zero-order valence-electron chi connectivity index (χ0n) is 7.92. The molecule has 1 spiro atoms. The Morgan fingerprint density at radius 1 is 1.62 bits per heavy atom. The summed E-state index contributed by atoms with van der Waals surface area (Å²) < 4.78 is 0. The molecule has 4 heteroatoms. The number of carbonyl (C=O) groups excluding carboxylic acids is 1. The first kappa shape index (κ1) is 8.97. The molecule has 1 amide bonds. The van der Waals surface area contributed by atoms with Crippen molar-refractivity contribution >= 4 is 5.91 Å². The monoisotopic (exact) mass is 184 g/mol. The first-order valence-corrected chi connectivity index (χ1v) is 4.75. The molecule has 1 aliphatic heterocycles. The van der Waals surface area contributed by atoms with E-state index in [9.17, 15) is 4.79 Å². The quantitative estimate of drug-likeness (QED) is 0.571. The molecule has 0 aromatic carbocycles. The predicted molar refractivity (Wildman–Crippen MR) is 47.9 cm³/mol. The fraction of sp³-hybridized carbons (Fsp3) is 0.889. The number of nitrogens with one attached hydrogen (secondary N) is 1. The van der Waals surface area contributed by atoms with Crippen LogP contribution in [0.4, 0.5) is 0 Å². The fourth-order valence-corrected chi connectivity index (χ4v) is 2.50. The number of amides is 1. The van der Waals surface area contributed by atoms with Crippen molar-refractivity contribution in [2.45, 2.75) is 25.8 Å². The molecule has 0 bridgehead atoms. The van der Waals surface area contributed by atoms with Crippen molar-refractivity contribution < 1.29 is 9.90 Å². The van der Waals surface area contributed by atoms with Crippen LogP contribution < -0.4 is 5.32 Å². The van der Waals surface area contributed by atoms with Crippen LogP contribution in [-0.2, 0) is 4.79 Å². The highest BCUT2D eigenvalue weighted by Gasteiger charge is 2.52. The largest absolute Gasteiger partial charge is 0.381 e. The van der Waals surface area contributed by atoms with Gasteiger partial charge in [0.2, 0.25) is 5.91 Å². The summed E-state index contributed by atoms with van der Waals surface area (Å²) in [7, 11) is 0. The summed E-state index contributed by atoms with van der Waals surface area (Å²) in [5.41, 5.74) is 0.401. The number of aliphatic hydroxyl groups is 1. The van der Waals surface area contributed by atoms with E-state index in [0.29, 0.717) is 11.5 Å². The Kier molecular flexibility index (Phi) is 2.04. The Hall–Kier alpha value is -0.610. The second kappa shape index (κ2) is 2.96. The highest BCUT2D eigenvalue weighted by Crippen LogP contribution is 2.48. The van der Waals surface area contributed by atoms with Crippen molar-refractivity contribution in [3.05, 3.63) is 0 Å². The summed E-state index contributed by atoms with van der Waals surface area (Å²) >= 11 is 0. The third kappa shape index (κ3) is 1.44. The molecule has 1 heterocycles. The van der Waals surface area contributed by atoms with Crippen molar-refractivity contribution in [2.75, 3.05) is 19.8 Å². The van der Waals surface area contributed by atoms with E-state index in [0.717, 1.165) is 25.9 Å². The third-order valence-corrected chi connectivity index (χ3v) is 3.24. The van der Waals surface area contributed by atoms with Gasteiger partial charge in [0, 0.05) is 31.5 Å². The van der Waals surface area contributed by atoms with Gasteiger partial charge in [0.15, 0.2) is 0 Å². The lowest BCUT2D eigenvalue weighted by atomic mass is 9.60. The van der Waals surface area contributed by atoms with Crippen LogP contribution in [0.1, 0.15) is 19.8 Å². The van der Waals surface area contributed by atoms with Gasteiger partial charge < -0.3 is 10.0 Å². The molecule has 2 aliphatic rings. The number of rotatable bonds is 2. The van der Waals surface area contributed by atoms with Gasteiger partial charge in [0.05, 0.1) is 6.73 Å². The van der Waals surface area contributed by atoms with E-state index in [1.807, 2.05) is 4.90 Å². The number of carbonyl (C=O) groups is 1. The summed E-state index contributed by atoms with van der Waals surface area (Å²) in [6.07, 6.45) is 2.22. The van der Waals surface area contributed by atoms with Gasteiger partial charge in [0.25, 0.3) is 0 Å². The molecular formula is C9H16N2O2. The molecule has 1 aliphatic carbocycles. The lowest BCUT2D eigenvalue weighted by molar-refractivity contribution is -0.150. The van der Waals surface area contributed by atoms with Crippen LogP contribution in [-0.4, -0.2) is 41.8 Å². The molecule has 13 heavy (non-hydrogen) atoms. The molecule has 0 unspecified atom stereocenters. The van der Waals surface area contributed by atoms with Gasteiger partial charge in [-0.05, 0) is 12.8 Å². The van der Waals surface area contributed by atoms with Crippen molar-refractivity contribution in [1.29, 1.82) is 0 Å². The van der Waals surface area contributed by atoms with E-state index in [-0.39, 0.29) is 12.6 Å². The van der Waals surface area contributed by atoms with E-state index in [1.54, 1.807) is 6.92 Å². The Morgan fingerprint density at radius 2 is 2.23 bits per heavy atom. The van der Waals surface area contributed by atoms with Crippen molar-refractivity contribution in [3.63, 3.8) is 0 Å². The van der Waals surface area contributed by atoms with E-state index < -0.39 is 0 Å². The summed E-state index contributed by atoms with van der Waals surface area (Å²) in [6, 6.07) is 0.471. The highest BCUT2D eigenvalue weighted by atomic mass is 16.3. The molecule has 2 N–H and O–H groups in total. The van der Waals surface area contributed by atoms with Crippen LogP contribution in [0, 0.1) is 5.41 Å². The molecular weight excluding hydrogens is 168 g/mol. The Balaban J connectivity index is 1.73. The highest BCUT2D eigenvalue weighted by molar-refractivity contribution is 5.74.